The maximum absolute atomic E-state index is 10.5. The van der Waals surface area contributed by atoms with Crippen molar-refractivity contribution in [3.8, 4) is 5.75 Å². The van der Waals surface area contributed by atoms with E-state index in [1.807, 2.05) is 0 Å². The summed E-state index contributed by atoms with van der Waals surface area (Å²) < 4.78 is 0. The smallest absolute Gasteiger partial charge is 0.178 e. The van der Waals surface area contributed by atoms with Gasteiger partial charge in [-0.15, -0.1) is 0 Å². The first-order valence-electron chi connectivity index (χ1n) is 2.47. The summed E-state index contributed by atoms with van der Waals surface area (Å²) >= 11 is 1.14. The minimum atomic E-state index is 0.0211. The van der Waals surface area contributed by atoms with Gasteiger partial charge in [0.05, 0.1) is 0 Å². The predicted molar refractivity (Wildman–Crippen MR) is 36.6 cm³/mol. The van der Waals surface area contributed by atoms with Crippen molar-refractivity contribution >= 4 is 11.9 Å². The van der Waals surface area contributed by atoms with Gasteiger partial charge in [-0.25, -0.2) is 0 Å². The average Bonchev–Trinajstić information content (AvgIpc) is 1.90. The maximum atomic E-state index is 10.5. The molecule has 1 rings (SSSR count). The van der Waals surface area contributed by atoms with Gasteiger partial charge in [0.25, 0.3) is 0 Å². The predicted octanol–water partition coefficient (Wildman–Crippen LogP) is 1.80. The van der Waals surface area contributed by atoms with Gasteiger partial charge in [-0.1, -0.05) is 0 Å². The Labute approximate surface area is 57.8 Å². The Morgan fingerprint density at radius 1 is 1.22 bits per heavy atom. The monoisotopic (exact) mass is 140 g/mol. The van der Waals surface area contributed by atoms with Gasteiger partial charge in [-0.3, -0.25) is 10.2 Å². The number of benzene rings is 1. The molecule has 0 aromatic heterocycles. The van der Waals surface area contributed by atoms with Gasteiger partial charge >= 0.3 is 0 Å². The van der Waals surface area contributed by atoms with Crippen LogP contribution in [0.4, 0.5) is 0 Å². The van der Waals surface area contributed by atoms with Gasteiger partial charge in [0.15, 0.2) is 5.75 Å². The van der Waals surface area contributed by atoms with Crippen molar-refractivity contribution < 1.29 is 5.11 Å². The van der Waals surface area contributed by atoms with Crippen LogP contribution in [0, 0.1) is 0 Å². The fraction of sp³-hybridized carbons (Fsp3) is 0. The molecule has 0 saturated heterocycles. The Balaban J connectivity index is 2.88. The van der Waals surface area contributed by atoms with Gasteiger partial charge in [0.2, 0.25) is 0 Å². The van der Waals surface area contributed by atoms with Crippen LogP contribution in [0.5, 0.6) is 5.75 Å². The molecule has 9 heavy (non-hydrogen) atoms. The number of hydrogen-bond acceptors (Lipinski definition) is 2. The average molecular weight is 140 g/mol. The molecular formula is C6H6NOS. The zero-order chi connectivity index (χ0) is 6.69. The van der Waals surface area contributed by atoms with Gasteiger partial charge < -0.3 is 0 Å². The van der Waals surface area contributed by atoms with E-state index in [1.54, 1.807) is 12.1 Å². The van der Waals surface area contributed by atoms with E-state index in [1.165, 1.54) is 12.1 Å². The van der Waals surface area contributed by atoms with Crippen LogP contribution >= 0.6 is 11.9 Å². The quantitative estimate of drug-likeness (QED) is 0.604. The first-order valence-corrected chi connectivity index (χ1v) is 3.34. The van der Waals surface area contributed by atoms with Crippen molar-refractivity contribution in [2.45, 2.75) is 4.90 Å². The lowest BCUT2D eigenvalue weighted by atomic mass is 10.3. The Morgan fingerprint density at radius 2 is 1.78 bits per heavy atom. The van der Waals surface area contributed by atoms with Gasteiger partial charge in [0.1, 0.15) is 0 Å². The highest BCUT2D eigenvalue weighted by Gasteiger charge is 1.89. The van der Waals surface area contributed by atoms with Gasteiger partial charge in [-0.2, -0.15) is 0 Å². The van der Waals surface area contributed by atoms with E-state index in [0.717, 1.165) is 16.8 Å². The molecule has 2 N–H and O–H groups in total. The first kappa shape index (κ1) is 6.45. The molecule has 47 valence electrons. The normalized spacial score (nSPS) is 9.44. The van der Waals surface area contributed by atoms with E-state index in [9.17, 15) is 5.11 Å². The van der Waals surface area contributed by atoms with Crippen LogP contribution in [0.3, 0.4) is 0 Å². The van der Waals surface area contributed by atoms with E-state index in [-0.39, 0.29) is 5.75 Å². The van der Waals surface area contributed by atoms with Gasteiger partial charge in [-0.05, 0) is 36.2 Å². The summed E-state index contributed by atoms with van der Waals surface area (Å²) in [5.41, 5.74) is 0. The molecule has 0 heterocycles. The van der Waals surface area contributed by atoms with Crippen LogP contribution in [0.1, 0.15) is 0 Å². The second-order valence-electron chi connectivity index (χ2n) is 1.59. The third-order valence-corrected chi connectivity index (χ3v) is 1.50. The summed E-state index contributed by atoms with van der Waals surface area (Å²) in [5, 5.41) is 15.7. The summed E-state index contributed by atoms with van der Waals surface area (Å²) in [6, 6.07) is 6.39. The molecule has 0 aliphatic heterocycles. The highest BCUT2D eigenvalue weighted by atomic mass is 32.2. The largest absolute Gasteiger partial charge is 0.290 e. The minimum Gasteiger partial charge on any atom is -0.290 e. The van der Waals surface area contributed by atoms with E-state index in [4.69, 9.17) is 5.14 Å². The fourth-order valence-electron chi connectivity index (χ4n) is 0.518. The molecule has 1 aromatic carbocycles. The van der Waals surface area contributed by atoms with E-state index >= 15 is 0 Å². The molecule has 0 aliphatic carbocycles. The van der Waals surface area contributed by atoms with Crippen LogP contribution < -0.4 is 5.14 Å². The Kier molecular flexibility index (Phi) is 1.97. The Hall–Kier alpha value is -0.670. The minimum absolute atomic E-state index is 0.0211. The van der Waals surface area contributed by atoms with Crippen molar-refractivity contribution in [1.29, 1.82) is 0 Å². The van der Waals surface area contributed by atoms with Gasteiger partial charge in [0, 0.05) is 4.90 Å². The van der Waals surface area contributed by atoms with E-state index in [2.05, 4.69) is 0 Å². The highest BCUT2D eigenvalue weighted by Crippen LogP contribution is 2.15. The number of rotatable bonds is 1. The van der Waals surface area contributed by atoms with Crippen LogP contribution in [0.2, 0.25) is 0 Å². The zero-order valence-electron chi connectivity index (χ0n) is 4.70. The second kappa shape index (κ2) is 2.75. The Bertz CT molecular complexity index is 185. The molecule has 0 aliphatic rings. The molecule has 0 saturated carbocycles. The lowest BCUT2D eigenvalue weighted by Crippen LogP contribution is -1.76. The van der Waals surface area contributed by atoms with Crippen LogP contribution in [-0.4, -0.2) is 0 Å². The van der Waals surface area contributed by atoms with Crippen molar-refractivity contribution in [1.82, 2.24) is 0 Å². The molecule has 0 atom stereocenters. The molecule has 0 amide bonds. The summed E-state index contributed by atoms with van der Waals surface area (Å²) in [7, 11) is 0. The summed E-state index contributed by atoms with van der Waals surface area (Å²) in [5.74, 6) is 0.0211. The zero-order valence-corrected chi connectivity index (χ0v) is 5.52. The second-order valence-corrected chi connectivity index (χ2v) is 2.30. The molecule has 1 aromatic rings. The van der Waals surface area contributed by atoms with Crippen molar-refractivity contribution in [2.75, 3.05) is 0 Å². The first-order chi connectivity index (χ1) is 4.33. The molecule has 2 nitrogen and oxygen atoms in total. The molecule has 1 radical (unpaired) electrons. The molecule has 0 fully saturated rings. The van der Waals surface area contributed by atoms with Crippen molar-refractivity contribution in [3.05, 3.63) is 24.3 Å². The maximum Gasteiger partial charge on any atom is 0.178 e. The molecule has 0 unspecified atom stereocenters. The number of hydrogen-bond donors (Lipinski definition) is 1. The molecule has 3 heteroatoms. The topological polar surface area (TPSA) is 45.9 Å². The number of nitrogens with two attached hydrogens (primary N) is 1. The van der Waals surface area contributed by atoms with Crippen LogP contribution in [0.25, 0.3) is 0 Å². The summed E-state index contributed by atoms with van der Waals surface area (Å²) in [6.07, 6.45) is 0. The lowest BCUT2D eigenvalue weighted by molar-refractivity contribution is 0.354. The molecule has 0 bridgehead atoms. The van der Waals surface area contributed by atoms with Crippen LogP contribution in [-0.2, 0) is 5.11 Å². The fourth-order valence-corrected chi connectivity index (χ4v) is 0.811. The summed E-state index contributed by atoms with van der Waals surface area (Å²) in [4.78, 5) is 0.912. The highest BCUT2D eigenvalue weighted by molar-refractivity contribution is 7.97. The van der Waals surface area contributed by atoms with Crippen molar-refractivity contribution in [3.63, 3.8) is 0 Å². The van der Waals surface area contributed by atoms with Crippen molar-refractivity contribution in [2.24, 2.45) is 5.14 Å². The lowest BCUT2D eigenvalue weighted by Gasteiger charge is -1.90. The Morgan fingerprint density at radius 3 is 2.22 bits per heavy atom. The van der Waals surface area contributed by atoms with Crippen LogP contribution in [0.15, 0.2) is 29.2 Å². The summed E-state index contributed by atoms with van der Waals surface area (Å²) in [6.45, 7) is 0. The van der Waals surface area contributed by atoms with E-state index < -0.39 is 0 Å². The molecule has 0 spiro atoms. The third kappa shape index (κ3) is 1.62. The van der Waals surface area contributed by atoms with E-state index in [0.29, 0.717) is 0 Å². The molecular weight excluding hydrogens is 134 g/mol. The standard InChI is InChI=1S/C6H6NOS/c7-9-6-3-1-5(8)2-4-6/h1-4H,7H2. The third-order valence-electron chi connectivity index (χ3n) is 0.960. The SMILES string of the molecule is NSc1ccc([O])cc1.